The first kappa shape index (κ1) is 17.5. The van der Waals surface area contributed by atoms with Crippen LogP contribution in [0.5, 0.6) is 5.75 Å². The number of aliphatic carboxylic acids is 1. The number of benzene rings is 2. The van der Waals surface area contributed by atoms with Gasteiger partial charge in [-0.2, -0.15) is 0 Å². The van der Waals surface area contributed by atoms with E-state index in [9.17, 15) is 9.59 Å². The molecule has 0 unspecified atom stereocenters. The third kappa shape index (κ3) is 4.35. The van der Waals surface area contributed by atoms with Gasteiger partial charge in [-0.15, -0.1) is 0 Å². The number of nitrogens with zero attached hydrogens (tertiary/aromatic N) is 1. The summed E-state index contributed by atoms with van der Waals surface area (Å²) in [5, 5.41) is 8.68. The summed E-state index contributed by atoms with van der Waals surface area (Å²) in [6.07, 6.45) is 0. The average molecular weight is 327 g/mol. The van der Waals surface area contributed by atoms with Crippen molar-refractivity contribution in [1.82, 2.24) is 0 Å². The van der Waals surface area contributed by atoms with Gasteiger partial charge in [-0.05, 0) is 62.2 Å². The lowest BCUT2D eigenvalue weighted by Crippen LogP contribution is -2.30. The molecule has 0 fully saturated rings. The molecule has 0 aliphatic rings. The Kier molecular flexibility index (Phi) is 5.58. The summed E-state index contributed by atoms with van der Waals surface area (Å²) in [5.41, 5.74) is 3.49. The van der Waals surface area contributed by atoms with Gasteiger partial charge in [0.05, 0.1) is 0 Å². The molecule has 2 aromatic rings. The first-order chi connectivity index (χ1) is 11.4. The molecule has 0 saturated carbocycles. The highest BCUT2D eigenvalue weighted by atomic mass is 16.5. The van der Waals surface area contributed by atoms with E-state index in [1.807, 2.05) is 32.9 Å². The van der Waals surface area contributed by atoms with Crippen LogP contribution in [-0.2, 0) is 4.79 Å². The lowest BCUT2D eigenvalue weighted by Gasteiger charge is -2.22. The minimum Gasteiger partial charge on any atom is -0.482 e. The molecule has 1 amide bonds. The van der Waals surface area contributed by atoms with E-state index in [-0.39, 0.29) is 5.91 Å². The van der Waals surface area contributed by atoms with E-state index in [0.717, 1.165) is 16.8 Å². The minimum absolute atomic E-state index is 0.150. The van der Waals surface area contributed by atoms with Crippen LogP contribution in [0.3, 0.4) is 0 Å². The number of carboxylic acids is 1. The third-order valence-corrected chi connectivity index (χ3v) is 3.52. The molecule has 0 aliphatic heterocycles. The molecule has 0 heterocycles. The van der Waals surface area contributed by atoms with E-state index in [2.05, 4.69) is 6.07 Å². The van der Waals surface area contributed by atoms with E-state index < -0.39 is 12.6 Å². The molecule has 0 saturated heterocycles. The number of hydrogen-bond acceptors (Lipinski definition) is 3. The average Bonchev–Trinajstić information content (AvgIpc) is 2.53. The number of rotatable bonds is 6. The Morgan fingerprint density at radius 2 is 1.75 bits per heavy atom. The zero-order valence-electron chi connectivity index (χ0n) is 14.1. The molecule has 1 N–H and O–H groups in total. The number of hydrogen-bond donors (Lipinski definition) is 1. The van der Waals surface area contributed by atoms with Gasteiger partial charge in [0.15, 0.2) is 6.61 Å². The molecule has 0 bridgehead atoms. The van der Waals surface area contributed by atoms with Crippen LogP contribution >= 0.6 is 0 Å². The smallest absolute Gasteiger partial charge is 0.341 e. The van der Waals surface area contributed by atoms with E-state index >= 15 is 0 Å². The SMILES string of the molecule is CCN(C(=O)c1cccc(OCC(=O)O)c1)c1cc(C)cc(C)c1. The van der Waals surface area contributed by atoms with Crippen molar-refractivity contribution in [3.05, 3.63) is 59.2 Å². The van der Waals surface area contributed by atoms with Gasteiger partial charge in [-0.25, -0.2) is 4.79 Å². The topological polar surface area (TPSA) is 66.8 Å². The van der Waals surface area contributed by atoms with Gasteiger partial charge in [0, 0.05) is 17.8 Å². The van der Waals surface area contributed by atoms with Crippen LogP contribution in [0.25, 0.3) is 0 Å². The van der Waals surface area contributed by atoms with E-state index in [0.29, 0.717) is 17.9 Å². The molecule has 0 aliphatic carbocycles. The number of ether oxygens (including phenoxy) is 1. The van der Waals surface area contributed by atoms with Gasteiger partial charge in [0.1, 0.15) is 5.75 Å². The van der Waals surface area contributed by atoms with E-state index in [4.69, 9.17) is 9.84 Å². The van der Waals surface area contributed by atoms with Crippen LogP contribution in [-0.4, -0.2) is 30.1 Å². The number of anilines is 1. The maximum atomic E-state index is 12.8. The largest absolute Gasteiger partial charge is 0.482 e. The molecule has 2 aromatic carbocycles. The molecule has 24 heavy (non-hydrogen) atoms. The molecular formula is C19H21NO4. The second-order valence-corrected chi connectivity index (χ2v) is 5.61. The molecule has 0 atom stereocenters. The number of carbonyl (C=O) groups excluding carboxylic acids is 1. The monoisotopic (exact) mass is 327 g/mol. The van der Waals surface area contributed by atoms with Gasteiger partial charge < -0.3 is 14.7 Å². The van der Waals surface area contributed by atoms with Gasteiger partial charge in [-0.1, -0.05) is 12.1 Å². The molecule has 0 aromatic heterocycles. The fourth-order valence-corrected chi connectivity index (χ4v) is 2.57. The number of carboxylic acid groups (broad SMARTS) is 1. The van der Waals surface area contributed by atoms with Gasteiger partial charge in [0.2, 0.25) is 0 Å². The quantitative estimate of drug-likeness (QED) is 0.882. The van der Waals surface area contributed by atoms with Crippen molar-refractivity contribution in [2.75, 3.05) is 18.1 Å². The molecule has 2 rings (SSSR count). The van der Waals surface area contributed by atoms with Crippen molar-refractivity contribution in [2.45, 2.75) is 20.8 Å². The predicted octanol–water partition coefficient (Wildman–Crippen LogP) is 3.43. The summed E-state index contributed by atoms with van der Waals surface area (Å²) in [4.78, 5) is 25.1. The highest BCUT2D eigenvalue weighted by Crippen LogP contribution is 2.22. The van der Waals surface area contributed by atoms with Crippen molar-refractivity contribution in [2.24, 2.45) is 0 Å². The van der Waals surface area contributed by atoms with Crippen molar-refractivity contribution in [3.63, 3.8) is 0 Å². The first-order valence-corrected chi connectivity index (χ1v) is 7.75. The highest BCUT2D eigenvalue weighted by molar-refractivity contribution is 6.06. The summed E-state index contributed by atoms with van der Waals surface area (Å²) in [6, 6.07) is 12.6. The van der Waals surface area contributed by atoms with Crippen LogP contribution in [0, 0.1) is 13.8 Å². The number of carbonyl (C=O) groups is 2. The van der Waals surface area contributed by atoms with Crippen LogP contribution in [0.15, 0.2) is 42.5 Å². The maximum Gasteiger partial charge on any atom is 0.341 e. The highest BCUT2D eigenvalue weighted by Gasteiger charge is 2.17. The molecule has 0 radical (unpaired) electrons. The fourth-order valence-electron chi connectivity index (χ4n) is 2.57. The Bertz CT molecular complexity index is 735. The Hall–Kier alpha value is -2.82. The fraction of sp³-hybridized carbons (Fsp3) is 0.263. The van der Waals surface area contributed by atoms with Crippen LogP contribution in [0.4, 0.5) is 5.69 Å². The van der Waals surface area contributed by atoms with E-state index in [1.165, 1.54) is 0 Å². The van der Waals surface area contributed by atoms with Gasteiger partial charge in [0.25, 0.3) is 5.91 Å². The summed E-state index contributed by atoms with van der Waals surface area (Å²) in [6.45, 7) is 6.00. The summed E-state index contributed by atoms with van der Waals surface area (Å²) < 4.78 is 5.15. The zero-order chi connectivity index (χ0) is 17.7. The second-order valence-electron chi connectivity index (χ2n) is 5.61. The summed E-state index contributed by atoms with van der Waals surface area (Å²) in [7, 11) is 0. The van der Waals surface area contributed by atoms with Gasteiger partial charge >= 0.3 is 5.97 Å². The van der Waals surface area contributed by atoms with Crippen molar-refractivity contribution < 1.29 is 19.4 Å². The Morgan fingerprint density at radius 3 is 2.33 bits per heavy atom. The molecule has 0 spiro atoms. The Balaban J connectivity index is 2.28. The molecule has 5 nitrogen and oxygen atoms in total. The Morgan fingerprint density at radius 1 is 1.08 bits per heavy atom. The normalized spacial score (nSPS) is 10.3. The third-order valence-electron chi connectivity index (χ3n) is 3.52. The first-order valence-electron chi connectivity index (χ1n) is 7.75. The Labute approximate surface area is 141 Å². The lowest BCUT2D eigenvalue weighted by molar-refractivity contribution is -0.139. The maximum absolute atomic E-state index is 12.8. The van der Waals surface area contributed by atoms with Crippen molar-refractivity contribution in [1.29, 1.82) is 0 Å². The van der Waals surface area contributed by atoms with Crippen LogP contribution in [0.2, 0.25) is 0 Å². The van der Waals surface area contributed by atoms with Crippen molar-refractivity contribution in [3.8, 4) is 5.75 Å². The molecule has 5 heteroatoms. The van der Waals surface area contributed by atoms with Crippen molar-refractivity contribution >= 4 is 17.6 Å². The van der Waals surface area contributed by atoms with Crippen LogP contribution in [0.1, 0.15) is 28.4 Å². The van der Waals surface area contributed by atoms with Crippen LogP contribution < -0.4 is 9.64 Å². The molecular weight excluding hydrogens is 306 g/mol. The standard InChI is InChI=1S/C19H21NO4/c1-4-20(16-9-13(2)8-14(3)10-16)19(23)15-6-5-7-17(11-15)24-12-18(21)22/h5-11H,4,12H2,1-3H3,(H,21,22). The summed E-state index contributed by atoms with van der Waals surface area (Å²) in [5.74, 6) is -0.847. The van der Waals surface area contributed by atoms with Gasteiger partial charge in [-0.3, -0.25) is 4.79 Å². The number of amides is 1. The predicted molar refractivity (Wildman–Crippen MR) is 92.8 cm³/mol. The van der Waals surface area contributed by atoms with E-state index in [1.54, 1.807) is 29.2 Å². The summed E-state index contributed by atoms with van der Waals surface area (Å²) >= 11 is 0. The molecule has 126 valence electrons. The lowest BCUT2D eigenvalue weighted by atomic mass is 10.1. The zero-order valence-corrected chi connectivity index (χ0v) is 14.1. The number of aryl methyl sites for hydroxylation is 2. The second kappa shape index (κ2) is 7.64. The minimum atomic E-state index is -1.06.